The minimum atomic E-state index is 0.858. The Hall–Kier alpha value is -1.12. The van der Waals surface area contributed by atoms with Gasteiger partial charge in [-0.2, -0.15) is 5.10 Å². The zero-order chi connectivity index (χ0) is 6.69. The fraction of sp³-hybridized carbons (Fsp3) is 0.333. The summed E-state index contributed by atoms with van der Waals surface area (Å²) in [6.07, 6.45) is 4.81. The van der Waals surface area contributed by atoms with Gasteiger partial charge in [-0.25, -0.2) is 0 Å². The standard InChI is InChI=1S/C6H9N3/c1-2-9-5-6(3-7)4-8-9/h3-5,7H,2H2,1H3. The van der Waals surface area contributed by atoms with Crippen molar-refractivity contribution >= 4 is 6.21 Å². The highest BCUT2D eigenvalue weighted by molar-refractivity contribution is 5.75. The lowest BCUT2D eigenvalue weighted by Gasteiger charge is -1.88. The number of nitrogens with one attached hydrogen (secondary N) is 1. The second-order valence-corrected chi connectivity index (χ2v) is 1.77. The molecule has 0 aliphatic carbocycles. The van der Waals surface area contributed by atoms with Crippen LogP contribution in [0.4, 0.5) is 0 Å². The first-order chi connectivity index (χ1) is 4.36. The molecule has 0 radical (unpaired) electrons. The molecular formula is C6H9N3. The molecule has 0 fully saturated rings. The normalized spacial score (nSPS) is 9.44. The highest BCUT2D eigenvalue weighted by Gasteiger charge is 1.89. The molecule has 1 rings (SSSR count). The summed E-state index contributed by atoms with van der Waals surface area (Å²) in [6, 6.07) is 0. The number of aromatic nitrogens is 2. The SMILES string of the molecule is CCn1cc(C=N)cn1. The van der Waals surface area contributed by atoms with Crippen molar-refractivity contribution < 1.29 is 0 Å². The lowest BCUT2D eigenvalue weighted by Crippen LogP contribution is -1.92. The van der Waals surface area contributed by atoms with Crippen LogP contribution >= 0.6 is 0 Å². The summed E-state index contributed by atoms with van der Waals surface area (Å²) >= 11 is 0. The van der Waals surface area contributed by atoms with Crippen LogP contribution in [0.15, 0.2) is 12.4 Å². The zero-order valence-electron chi connectivity index (χ0n) is 5.33. The monoisotopic (exact) mass is 123 g/mol. The van der Waals surface area contributed by atoms with Crippen LogP contribution in [0.2, 0.25) is 0 Å². The van der Waals surface area contributed by atoms with E-state index >= 15 is 0 Å². The van der Waals surface area contributed by atoms with Gasteiger partial charge in [0.15, 0.2) is 0 Å². The zero-order valence-corrected chi connectivity index (χ0v) is 5.33. The smallest absolute Gasteiger partial charge is 0.0577 e. The lowest BCUT2D eigenvalue weighted by molar-refractivity contribution is 0.660. The third-order valence-corrected chi connectivity index (χ3v) is 1.14. The third-order valence-electron chi connectivity index (χ3n) is 1.14. The van der Waals surface area contributed by atoms with Crippen molar-refractivity contribution in [3.05, 3.63) is 18.0 Å². The largest absolute Gasteiger partial charge is 0.308 e. The third kappa shape index (κ3) is 1.16. The summed E-state index contributed by atoms with van der Waals surface area (Å²) in [4.78, 5) is 0. The number of nitrogens with zero attached hydrogens (tertiary/aromatic N) is 2. The molecule has 1 N–H and O–H groups in total. The van der Waals surface area contributed by atoms with Gasteiger partial charge in [0, 0.05) is 24.5 Å². The maximum absolute atomic E-state index is 6.85. The Bertz CT molecular complexity index is 202. The maximum Gasteiger partial charge on any atom is 0.0577 e. The Morgan fingerprint density at radius 1 is 1.89 bits per heavy atom. The minimum Gasteiger partial charge on any atom is -0.308 e. The van der Waals surface area contributed by atoms with Crippen molar-refractivity contribution in [3.8, 4) is 0 Å². The molecule has 1 heterocycles. The average Bonchev–Trinajstić information content (AvgIpc) is 2.34. The lowest BCUT2D eigenvalue weighted by atomic mass is 10.4. The highest BCUT2D eigenvalue weighted by Crippen LogP contribution is 1.91. The van der Waals surface area contributed by atoms with Crippen LogP contribution in [0.5, 0.6) is 0 Å². The second kappa shape index (κ2) is 2.44. The maximum atomic E-state index is 6.85. The molecule has 0 atom stereocenters. The Morgan fingerprint density at radius 2 is 2.67 bits per heavy atom. The minimum absolute atomic E-state index is 0.858. The van der Waals surface area contributed by atoms with Crippen LogP contribution < -0.4 is 0 Å². The molecule has 48 valence electrons. The van der Waals surface area contributed by atoms with Gasteiger partial charge < -0.3 is 5.41 Å². The first-order valence-corrected chi connectivity index (χ1v) is 2.89. The van der Waals surface area contributed by atoms with E-state index in [9.17, 15) is 0 Å². The van der Waals surface area contributed by atoms with E-state index in [0.29, 0.717) is 0 Å². The molecule has 0 amide bonds. The molecule has 0 saturated carbocycles. The summed E-state index contributed by atoms with van der Waals surface area (Å²) in [5.74, 6) is 0. The topological polar surface area (TPSA) is 41.7 Å². The molecule has 0 aliphatic rings. The molecule has 0 unspecified atom stereocenters. The van der Waals surface area contributed by atoms with Crippen molar-refractivity contribution in [2.24, 2.45) is 0 Å². The number of aryl methyl sites for hydroxylation is 1. The number of hydrogen-bond donors (Lipinski definition) is 1. The van der Waals surface area contributed by atoms with Gasteiger partial charge in [0.2, 0.25) is 0 Å². The number of hydrogen-bond acceptors (Lipinski definition) is 2. The first kappa shape index (κ1) is 6.01. The van der Waals surface area contributed by atoms with Gasteiger partial charge >= 0.3 is 0 Å². The fourth-order valence-corrected chi connectivity index (χ4v) is 0.627. The van der Waals surface area contributed by atoms with Gasteiger partial charge in [-0.15, -0.1) is 0 Å². The van der Waals surface area contributed by atoms with Crippen LogP contribution in [0.3, 0.4) is 0 Å². The molecule has 9 heavy (non-hydrogen) atoms. The van der Waals surface area contributed by atoms with Crippen molar-refractivity contribution in [2.45, 2.75) is 13.5 Å². The predicted molar refractivity (Wildman–Crippen MR) is 35.8 cm³/mol. The van der Waals surface area contributed by atoms with Gasteiger partial charge in [0.05, 0.1) is 6.20 Å². The summed E-state index contributed by atoms with van der Waals surface area (Å²) < 4.78 is 1.79. The van der Waals surface area contributed by atoms with Crippen LogP contribution in [-0.4, -0.2) is 16.0 Å². The van der Waals surface area contributed by atoms with Crippen LogP contribution in [0, 0.1) is 5.41 Å². The van der Waals surface area contributed by atoms with Crippen molar-refractivity contribution in [3.63, 3.8) is 0 Å². The molecule has 0 bridgehead atoms. The Morgan fingerprint density at radius 3 is 3.00 bits per heavy atom. The van der Waals surface area contributed by atoms with E-state index in [4.69, 9.17) is 5.41 Å². The van der Waals surface area contributed by atoms with E-state index in [-0.39, 0.29) is 0 Å². The van der Waals surface area contributed by atoms with E-state index in [2.05, 4.69) is 5.10 Å². The fourth-order valence-electron chi connectivity index (χ4n) is 0.627. The van der Waals surface area contributed by atoms with Gasteiger partial charge in [-0.05, 0) is 6.92 Å². The Labute approximate surface area is 53.8 Å². The van der Waals surface area contributed by atoms with Crippen molar-refractivity contribution in [1.82, 2.24) is 9.78 Å². The quantitative estimate of drug-likeness (QED) is 0.583. The average molecular weight is 123 g/mol. The molecule has 0 saturated heterocycles. The Balaban J connectivity index is 2.86. The molecular weight excluding hydrogens is 114 g/mol. The molecule has 0 aliphatic heterocycles. The van der Waals surface area contributed by atoms with E-state index < -0.39 is 0 Å². The van der Waals surface area contributed by atoms with Gasteiger partial charge in [-0.3, -0.25) is 4.68 Å². The van der Waals surface area contributed by atoms with Crippen LogP contribution in [0.25, 0.3) is 0 Å². The van der Waals surface area contributed by atoms with E-state index in [0.717, 1.165) is 12.1 Å². The summed E-state index contributed by atoms with van der Waals surface area (Å²) in [5, 5.41) is 10.8. The second-order valence-electron chi connectivity index (χ2n) is 1.77. The van der Waals surface area contributed by atoms with Crippen LogP contribution in [-0.2, 0) is 6.54 Å². The predicted octanol–water partition coefficient (Wildman–Crippen LogP) is 0.901. The number of rotatable bonds is 2. The molecule has 1 aromatic heterocycles. The highest BCUT2D eigenvalue weighted by atomic mass is 15.3. The molecule has 0 spiro atoms. The van der Waals surface area contributed by atoms with Gasteiger partial charge in [0.1, 0.15) is 0 Å². The summed E-state index contributed by atoms with van der Waals surface area (Å²) in [5.41, 5.74) is 0.858. The van der Waals surface area contributed by atoms with E-state index in [1.165, 1.54) is 6.21 Å². The molecule has 3 nitrogen and oxygen atoms in total. The van der Waals surface area contributed by atoms with E-state index in [1.54, 1.807) is 10.9 Å². The molecule has 1 aromatic rings. The van der Waals surface area contributed by atoms with Gasteiger partial charge in [0.25, 0.3) is 0 Å². The molecule has 3 heteroatoms. The molecule has 0 aromatic carbocycles. The van der Waals surface area contributed by atoms with Crippen molar-refractivity contribution in [2.75, 3.05) is 0 Å². The van der Waals surface area contributed by atoms with Gasteiger partial charge in [-0.1, -0.05) is 0 Å². The summed E-state index contributed by atoms with van der Waals surface area (Å²) in [7, 11) is 0. The Kier molecular flexibility index (Phi) is 1.63. The first-order valence-electron chi connectivity index (χ1n) is 2.89. The van der Waals surface area contributed by atoms with Crippen LogP contribution in [0.1, 0.15) is 12.5 Å². The summed E-state index contributed by atoms with van der Waals surface area (Å²) in [6.45, 7) is 2.88. The van der Waals surface area contributed by atoms with E-state index in [1.807, 2.05) is 13.1 Å². The van der Waals surface area contributed by atoms with Crippen molar-refractivity contribution in [1.29, 1.82) is 5.41 Å².